The predicted octanol–water partition coefficient (Wildman–Crippen LogP) is 3.11. The molecule has 122 valence electrons. The molecule has 2 amide bonds. The summed E-state index contributed by atoms with van der Waals surface area (Å²) in [7, 11) is 0. The van der Waals surface area contributed by atoms with E-state index in [1.54, 1.807) is 0 Å². The van der Waals surface area contributed by atoms with Crippen LogP contribution in [0.4, 0.5) is 0 Å². The number of amides is 2. The number of hydrogen-bond acceptors (Lipinski definition) is 2. The van der Waals surface area contributed by atoms with Crippen LogP contribution in [-0.2, 0) is 9.59 Å². The second kappa shape index (κ2) is 9.06. The maximum Gasteiger partial charge on any atom is 0.245 e. The van der Waals surface area contributed by atoms with Crippen molar-refractivity contribution in [3.63, 3.8) is 0 Å². The van der Waals surface area contributed by atoms with Crippen LogP contribution in [0.25, 0.3) is 0 Å². The van der Waals surface area contributed by atoms with E-state index in [0.29, 0.717) is 13.0 Å². The highest BCUT2D eigenvalue weighted by Crippen LogP contribution is 2.19. The van der Waals surface area contributed by atoms with Gasteiger partial charge in [-0.3, -0.25) is 9.59 Å². The number of nitrogens with one attached hydrogen (secondary N) is 1. The van der Waals surface area contributed by atoms with Gasteiger partial charge in [0.2, 0.25) is 11.8 Å². The van der Waals surface area contributed by atoms with Crippen LogP contribution in [-0.4, -0.2) is 35.3 Å². The first kappa shape index (κ1) is 18.0. The molecule has 0 aromatic carbocycles. The van der Waals surface area contributed by atoms with Crippen molar-refractivity contribution in [1.29, 1.82) is 0 Å². The van der Waals surface area contributed by atoms with Crippen LogP contribution in [0.3, 0.4) is 0 Å². The predicted molar refractivity (Wildman–Crippen MR) is 85.9 cm³/mol. The molecule has 1 N–H and O–H groups in total. The van der Waals surface area contributed by atoms with Crippen LogP contribution >= 0.6 is 0 Å². The molecular weight excluding hydrogens is 264 g/mol. The molecule has 1 heterocycles. The Labute approximate surface area is 129 Å². The van der Waals surface area contributed by atoms with Crippen LogP contribution in [0.2, 0.25) is 0 Å². The van der Waals surface area contributed by atoms with E-state index in [1.165, 1.54) is 19.3 Å². The lowest BCUT2D eigenvalue weighted by molar-refractivity contribution is -0.136. The van der Waals surface area contributed by atoms with E-state index in [1.807, 2.05) is 11.8 Å². The van der Waals surface area contributed by atoms with Crippen molar-refractivity contribution < 1.29 is 9.59 Å². The Hall–Kier alpha value is -1.06. The number of hydrogen-bond donors (Lipinski definition) is 1. The third-order valence-corrected chi connectivity index (χ3v) is 4.67. The fourth-order valence-corrected chi connectivity index (χ4v) is 2.90. The topological polar surface area (TPSA) is 49.4 Å². The first-order chi connectivity index (χ1) is 10.0. The van der Waals surface area contributed by atoms with Gasteiger partial charge in [-0.25, -0.2) is 0 Å². The molecular formula is C17H32N2O2. The minimum atomic E-state index is -0.344. The number of rotatable bonds is 8. The molecule has 0 spiro atoms. The minimum Gasteiger partial charge on any atom is -0.344 e. The van der Waals surface area contributed by atoms with Gasteiger partial charge < -0.3 is 10.2 Å². The monoisotopic (exact) mass is 296 g/mol. The molecule has 0 aromatic rings. The van der Waals surface area contributed by atoms with E-state index >= 15 is 0 Å². The summed E-state index contributed by atoms with van der Waals surface area (Å²) in [5.74, 6) is 0.307. The van der Waals surface area contributed by atoms with Gasteiger partial charge in [0.05, 0.1) is 0 Å². The van der Waals surface area contributed by atoms with Crippen molar-refractivity contribution in [2.45, 2.75) is 84.7 Å². The van der Waals surface area contributed by atoms with Gasteiger partial charge in [0.1, 0.15) is 6.04 Å². The van der Waals surface area contributed by atoms with Crippen molar-refractivity contribution in [2.75, 3.05) is 6.54 Å². The van der Waals surface area contributed by atoms with E-state index in [9.17, 15) is 9.59 Å². The molecule has 1 aliphatic rings. The summed E-state index contributed by atoms with van der Waals surface area (Å²) in [5.41, 5.74) is 0. The molecule has 1 aliphatic heterocycles. The number of unbranched alkanes of at least 4 members (excludes halogenated alkanes) is 3. The van der Waals surface area contributed by atoms with E-state index in [0.717, 1.165) is 19.3 Å². The third kappa shape index (κ3) is 5.33. The van der Waals surface area contributed by atoms with Crippen molar-refractivity contribution in [1.82, 2.24) is 10.2 Å². The molecule has 0 radical (unpaired) electrons. The second-order valence-corrected chi connectivity index (χ2v) is 6.41. The normalized spacial score (nSPS) is 22.7. The van der Waals surface area contributed by atoms with Crippen LogP contribution < -0.4 is 5.32 Å². The maximum absolute atomic E-state index is 12.7. The Morgan fingerprint density at radius 3 is 2.52 bits per heavy atom. The largest absolute Gasteiger partial charge is 0.344 e. The van der Waals surface area contributed by atoms with Gasteiger partial charge in [0.15, 0.2) is 0 Å². The quantitative estimate of drug-likeness (QED) is 0.700. The van der Waals surface area contributed by atoms with Crippen molar-refractivity contribution in [3.8, 4) is 0 Å². The highest BCUT2D eigenvalue weighted by atomic mass is 16.2. The molecule has 3 atom stereocenters. The lowest BCUT2D eigenvalue weighted by Crippen LogP contribution is -2.50. The van der Waals surface area contributed by atoms with Gasteiger partial charge in [-0.15, -0.1) is 0 Å². The average Bonchev–Trinajstić information content (AvgIpc) is 2.62. The first-order valence-electron chi connectivity index (χ1n) is 8.61. The van der Waals surface area contributed by atoms with Crippen LogP contribution in [0.15, 0.2) is 0 Å². The standard InChI is InChI=1S/C17H32N2O2/c1-5-7-8-9-10-14(4)19-12-11-15(20)18-16(17(19)21)13(3)6-2/h13-14,16H,5-12H2,1-4H3,(H,18,20). The smallest absolute Gasteiger partial charge is 0.245 e. The Kier molecular flexibility index (Phi) is 7.76. The van der Waals surface area contributed by atoms with Gasteiger partial charge in [0, 0.05) is 19.0 Å². The Morgan fingerprint density at radius 2 is 1.90 bits per heavy atom. The highest BCUT2D eigenvalue weighted by molar-refractivity contribution is 5.90. The number of carbonyl (C=O) groups excluding carboxylic acids is 2. The molecule has 1 rings (SSSR count). The summed E-state index contributed by atoms with van der Waals surface area (Å²) in [5, 5.41) is 2.91. The Balaban J connectivity index is 2.66. The molecule has 0 bridgehead atoms. The third-order valence-electron chi connectivity index (χ3n) is 4.67. The molecule has 21 heavy (non-hydrogen) atoms. The van der Waals surface area contributed by atoms with Crippen LogP contribution in [0, 0.1) is 5.92 Å². The van der Waals surface area contributed by atoms with Crippen LogP contribution in [0.1, 0.15) is 72.6 Å². The lowest BCUT2D eigenvalue weighted by atomic mass is 9.97. The molecule has 0 aromatic heterocycles. The van der Waals surface area contributed by atoms with E-state index in [4.69, 9.17) is 0 Å². The van der Waals surface area contributed by atoms with Crippen molar-refractivity contribution in [3.05, 3.63) is 0 Å². The number of nitrogens with zero attached hydrogens (tertiary/aromatic N) is 1. The van der Waals surface area contributed by atoms with Crippen molar-refractivity contribution in [2.24, 2.45) is 5.92 Å². The summed E-state index contributed by atoms with van der Waals surface area (Å²) in [6, 6.07) is -0.114. The average molecular weight is 296 g/mol. The van der Waals surface area contributed by atoms with Crippen LogP contribution in [0.5, 0.6) is 0 Å². The van der Waals surface area contributed by atoms with E-state index < -0.39 is 0 Å². The summed E-state index contributed by atoms with van der Waals surface area (Å²) in [6.07, 6.45) is 7.24. The molecule has 1 saturated heterocycles. The summed E-state index contributed by atoms with van der Waals surface area (Å²) in [4.78, 5) is 26.5. The second-order valence-electron chi connectivity index (χ2n) is 6.41. The summed E-state index contributed by atoms with van der Waals surface area (Å²) < 4.78 is 0. The maximum atomic E-state index is 12.7. The van der Waals surface area contributed by atoms with Crippen molar-refractivity contribution >= 4 is 11.8 Å². The zero-order valence-electron chi connectivity index (χ0n) is 14.2. The summed E-state index contributed by atoms with van der Waals surface area (Å²) in [6.45, 7) is 8.99. The molecule has 0 aliphatic carbocycles. The minimum absolute atomic E-state index is 0.00864. The fraction of sp³-hybridized carbons (Fsp3) is 0.882. The van der Waals surface area contributed by atoms with Gasteiger partial charge in [-0.2, -0.15) is 0 Å². The SMILES string of the molecule is CCCCCCC(C)N1CCC(=O)NC(C(C)CC)C1=O. The fourth-order valence-electron chi connectivity index (χ4n) is 2.90. The molecule has 3 unspecified atom stereocenters. The van der Waals surface area contributed by atoms with Gasteiger partial charge in [0.25, 0.3) is 0 Å². The summed E-state index contributed by atoms with van der Waals surface area (Å²) >= 11 is 0. The van der Waals surface area contributed by atoms with Gasteiger partial charge in [-0.1, -0.05) is 52.9 Å². The Morgan fingerprint density at radius 1 is 1.19 bits per heavy atom. The molecule has 4 nitrogen and oxygen atoms in total. The zero-order chi connectivity index (χ0) is 15.8. The molecule has 1 fully saturated rings. The molecule has 4 heteroatoms. The number of carbonyl (C=O) groups is 2. The zero-order valence-corrected chi connectivity index (χ0v) is 14.2. The molecule has 0 saturated carbocycles. The van der Waals surface area contributed by atoms with Gasteiger partial charge >= 0.3 is 0 Å². The lowest BCUT2D eigenvalue weighted by Gasteiger charge is -2.32. The van der Waals surface area contributed by atoms with Gasteiger partial charge in [-0.05, 0) is 19.3 Å². The first-order valence-corrected chi connectivity index (χ1v) is 8.61. The Bertz CT molecular complexity index is 344. The van der Waals surface area contributed by atoms with E-state index in [-0.39, 0.29) is 29.8 Å². The highest BCUT2D eigenvalue weighted by Gasteiger charge is 2.34. The van der Waals surface area contributed by atoms with E-state index in [2.05, 4.69) is 26.1 Å².